The topological polar surface area (TPSA) is 429 Å². The number of para-hydroxylation sites is 1. The molecule has 2 saturated heterocycles. The van der Waals surface area contributed by atoms with E-state index in [9.17, 15) is 58.2 Å². The van der Waals surface area contributed by atoms with Gasteiger partial charge in [-0.15, -0.1) is 0 Å². The van der Waals surface area contributed by atoms with E-state index < -0.39 is 108 Å². The lowest BCUT2D eigenvalue weighted by molar-refractivity contribution is -0.142. The van der Waals surface area contributed by atoms with Crippen molar-refractivity contribution >= 4 is 75.9 Å². The summed E-state index contributed by atoms with van der Waals surface area (Å²) in [7, 11) is 0. The highest BCUT2D eigenvalue weighted by atomic mass is 16.3. The van der Waals surface area contributed by atoms with Gasteiger partial charge in [-0.05, 0) is 99.5 Å². The molecule has 0 aliphatic carbocycles. The SMILES string of the molecule is CCNC(=O)[C@@H]1CCCN1C(=O)[C@H](CCCNC(=N)N)NC(=O)[C@H](CCC(C)C)NC(=O)[C@@H](CC(C)C)NC(=O)C(Cc1ccc(O)cc1)NC(=O)[C@H](CO)NC(=O)[C@H](Cc1c[nH]c2ccccc12)NC(=O)[C@H](Cc1cnc[nH]1)NC(=O)[C@@H]1CCC(=O)N1. The predicted octanol–water partition coefficient (Wildman–Crippen LogP) is -0.838. The van der Waals surface area contributed by atoms with Gasteiger partial charge in [0.1, 0.15) is 60.1 Å². The van der Waals surface area contributed by atoms with Crippen LogP contribution in [0.25, 0.3) is 10.9 Å². The molecule has 478 valence electrons. The lowest BCUT2D eigenvalue weighted by Crippen LogP contribution is -2.61. The fraction of sp³-hybridized carbons (Fsp3) is 0.533. The number of aromatic hydroxyl groups is 1. The number of guanidine groups is 1. The van der Waals surface area contributed by atoms with Gasteiger partial charge in [0.05, 0.1) is 12.9 Å². The molecule has 2 aromatic carbocycles. The fourth-order valence-electron chi connectivity index (χ4n) is 10.6. The molecule has 1 unspecified atom stereocenters. The van der Waals surface area contributed by atoms with Gasteiger partial charge in [0.25, 0.3) is 0 Å². The molecule has 9 atom stereocenters. The standard InChI is InChI=1S/C60H86N16O12/c1-6-64-58(87)49-14-10-24-76(49)59(88)43(13-9-23-65-60(61)62)70-52(81)42(20-15-33(2)3)69-53(82)44(25-34(4)5)71-54(83)45(26-35-16-18-38(78)19-17-35)72-57(86)48(31-77)75-55(84)46(27-36-29-66-40-12-8-7-11-39(36)40)73-56(85)47(28-37-30-63-32-67-37)74-51(80)41-21-22-50(79)68-41/h7-8,11-12,16-19,29-30,32-34,41-49,66,77-78H,6,9-10,13-15,20-28,31H2,1-5H3,(H,63,67)(H,64,87)(H,68,79)(H,69,82)(H,70,81)(H,71,83)(H,72,86)(H,73,85)(H,74,80)(H,75,84)(H4,61,62,65)/t41-,42-,43-,44+,45?,46-,47-,48-,49-/m0/s1. The number of hydrogen-bond donors (Lipinski definition) is 16. The Balaban J connectivity index is 1.23. The average Bonchev–Trinajstić information content (AvgIpc) is 4.12. The molecule has 2 fully saturated rings. The number of aliphatic hydroxyl groups excluding tert-OH is 1. The molecular weight excluding hydrogens is 1140 g/mol. The number of benzene rings is 2. The number of nitrogens with one attached hydrogen (secondary N) is 13. The number of nitrogens with two attached hydrogens (primary N) is 1. The molecule has 88 heavy (non-hydrogen) atoms. The summed E-state index contributed by atoms with van der Waals surface area (Å²) in [5, 5.41) is 56.2. The molecule has 0 radical (unpaired) electrons. The van der Waals surface area contributed by atoms with Gasteiger partial charge in [-0.2, -0.15) is 0 Å². The van der Waals surface area contributed by atoms with E-state index in [4.69, 9.17) is 11.1 Å². The van der Waals surface area contributed by atoms with E-state index in [-0.39, 0.29) is 99.8 Å². The first-order valence-electron chi connectivity index (χ1n) is 30.0. The lowest BCUT2D eigenvalue weighted by atomic mass is 9.99. The number of aliphatic hydroxyl groups is 1. The number of likely N-dealkylation sites (tertiary alicyclic amines) is 1. The molecule has 2 aromatic heterocycles. The highest BCUT2D eigenvalue weighted by Crippen LogP contribution is 2.22. The normalized spacial score (nSPS) is 17.1. The predicted molar refractivity (Wildman–Crippen MR) is 324 cm³/mol. The van der Waals surface area contributed by atoms with Gasteiger partial charge in [-0.3, -0.25) is 53.4 Å². The summed E-state index contributed by atoms with van der Waals surface area (Å²) in [5.74, 6) is -7.42. The Labute approximate surface area is 510 Å². The Hall–Kier alpha value is -9.08. The Morgan fingerprint density at radius 2 is 1.31 bits per heavy atom. The van der Waals surface area contributed by atoms with E-state index in [2.05, 4.69) is 68.1 Å². The van der Waals surface area contributed by atoms with Crippen LogP contribution in [0.1, 0.15) is 109 Å². The van der Waals surface area contributed by atoms with Crippen LogP contribution in [0.2, 0.25) is 0 Å². The highest BCUT2D eigenvalue weighted by Gasteiger charge is 2.40. The first-order valence-corrected chi connectivity index (χ1v) is 30.0. The van der Waals surface area contributed by atoms with Gasteiger partial charge < -0.3 is 84.0 Å². The smallest absolute Gasteiger partial charge is 0.245 e. The van der Waals surface area contributed by atoms with Gasteiger partial charge in [0, 0.05) is 74.3 Å². The van der Waals surface area contributed by atoms with Crippen LogP contribution in [-0.2, 0) is 67.2 Å². The molecule has 6 rings (SSSR count). The first kappa shape index (κ1) is 68.0. The molecule has 17 N–H and O–H groups in total. The quantitative estimate of drug-likeness (QED) is 0.0157. The number of nitrogens with zero attached hydrogens (tertiary/aromatic N) is 2. The van der Waals surface area contributed by atoms with Crippen LogP contribution in [0.4, 0.5) is 0 Å². The van der Waals surface area contributed by atoms with Crippen molar-refractivity contribution in [3.8, 4) is 5.75 Å². The van der Waals surface area contributed by atoms with Crippen LogP contribution in [0.3, 0.4) is 0 Å². The molecule has 0 bridgehead atoms. The third-order valence-corrected chi connectivity index (χ3v) is 15.3. The molecular formula is C60H86N16O12. The molecule has 4 aromatic rings. The van der Waals surface area contributed by atoms with E-state index in [1.54, 1.807) is 31.3 Å². The van der Waals surface area contributed by atoms with Crippen LogP contribution >= 0.6 is 0 Å². The second kappa shape index (κ2) is 33.2. The van der Waals surface area contributed by atoms with Crippen molar-refractivity contribution in [2.24, 2.45) is 17.6 Å². The number of carbonyl (C=O) groups is 10. The van der Waals surface area contributed by atoms with Crippen molar-refractivity contribution in [2.45, 2.75) is 166 Å². The van der Waals surface area contributed by atoms with Crippen LogP contribution in [0, 0.1) is 17.2 Å². The number of phenols is 1. The molecule has 28 nitrogen and oxygen atoms in total. The number of fused-ring (bicyclic) bond motifs is 1. The van der Waals surface area contributed by atoms with Gasteiger partial charge in [0.15, 0.2) is 5.96 Å². The number of aromatic amines is 2. The minimum absolute atomic E-state index is 0.0405. The van der Waals surface area contributed by atoms with E-state index in [0.29, 0.717) is 54.4 Å². The molecule has 28 heteroatoms. The summed E-state index contributed by atoms with van der Waals surface area (Å²) >= 11 is 0. The third-order valence-electron chi connectivity index (χ3n) is 15.3. The zero-order valence-electron chi connectivity index (χ0n) is 50.5. The Kier molecular flexibility index (Phi) is 25.6. The largest absolute Gasteiger partial charge is 0.508 e. The summed E-state index contributed by atoms with van der Waals surface area (Å²) in [5.41, 5.74) is 7.71. The number of imidazole rings is 1. The van der Waals surface area contributed by atoms with Gasteiger partial charge in [-0.25, -0.2) is 4.98 Å². The molecule has 10 amide bonds. The second-order valence-electron chi connectivity index (χ2n) is 23.2. The summed E-state index contributed by atoms with van der Waals surface area (Å²) in [6.45, 7) is 9.09. The van der Waals surface area contributed by atoms with Crippen LogP contribution in [0.5, 0.6) is 5.75 Å². The van der Waals surface area contributed by atoms with Gasteiger partial charge in [0.2, 0.25) is 59.1 Å². The van der Waals surface area contributed by atoms with Gasteiger partial charge in [-0.1, -0.05) is 58.0 Å². The molecule has 4 heterocycles. The second-order valence-corrected chi connectivity index (χ2v) is 23.2. The number of phenolic OH excluding ortho intramolecular Hbond substituents is 1. The number of likely N-dealkylation sites (N-methyl/N-ethyl adjacent to an activating group) is 1. The van der Waals surface area contributed by atoms with Crippen LogP contribution in [-0.4, -0.2) is 176 Å². The van der Waals surface area contributed by atoms with Crippen molar-refractivity contribution in [2.75, 3.05) is 26.2 Å². The van der Waals surface area contributed by atoms with E-state index in [1.807, 2.05) is 33.8 Å². The van der Waals surface area contributed by atoms with Gasteiger partial charge >= 0.3 is 0 Å². The van der Waals surface area contributed by atoms with Crippen molar-refractivity contribution in [1.82, 2.24) is 73.0 Å². The summed E-state index contributed by atoms with van der Waals surface area (Å²) < 4.78 is 0. The molecule has 0 spiro atoms. The maximum atomic E-state index is 14.7. The fourth-order valence-corrected chi connectivity index (χ4v) is 10.6. The zero-order chi connectivity index (χ0) is 64.0. The minimum Gasteiger partial charge on any atom is -0.508 e. The van der Waals surface area contributed by atoms with E-state index in [1.165, 1.54) is 41.7 Å². The number of carbonyl (C=O) groups excluding carboxylic acids is 10. The Bertz CT molecular complexity index is 3060. The third kappa shape index (κ3) is 20.3. The Morgan fingerprint density at radius 3 is 1.93 bits per heavy atom. The van der Waals surface area contributed by atoms with Crippen molar-refractivity contribution in [1.29, 1.82) is 5.41 Å². The average molecular weight is 1220 g/mol. The Morgan fingerprint density at radius 1 is 0.693 bits per heavy atom. The van der Waals surface area contributed by atoms with Crippen molar-refractivity contribution in [3.63, 3.8) is 0 Å². The number of H-pyrrole nitrogens is 2. The van der Waals surface area contributed by atoms with Crippen LogP contribution in [0.15, 0.2) is 67.3 Å². The number of aromatic nitrogens is 3. The summed E-state index contributed by atoms with van der Waals surface area (Å²) in [4.78, 5) is 151. The van der Waals surface area contributed by atoms with E-state index in [0.717, 1.165) is 5.52 Å². The number of amides is 10. The minimum atomic E-state index is -1.75. The molecule has 2 aliphatic rings. The van der Waals surface area contributed by atoms with Crippen molar-refractivity contribution in [3.05, 3.63) is 84.1 Å². The molecule has 2 aliphatic heterocycles. The van der Waals surface area contributed by atoms with Crippen LogP contribution < -0.4 is 58.9 Å². The maximum absolute atomic E-state index is 14.7. The maximum Gasteiger partial charge on any atom is 0.245 e. The van der Waals surface area contributed by atoms with Crippen molar-refractivity contribution < 1.29 is 58.2 Å². The first-order chi connectivity index (χ1) is 42.0. The zero-order valence-corrected chi connectivity index (χ0v) is 50.5. The lowest BCUT2D eigenvalue weighted by Gasteiger charge is -2.30. The number of rotatable bonds is 33. The number of hydrogen-bond acceptors (Lipinski definition) is 14. The van der Waals surface area contributed by atoms with E-state index >= 15 is 0 Å². The summed E-state index contributed by atoms with van der Waals surface area (Å²) in [6.07, 6.45) is 6.31. The summed E-state index contributed by atoms with van der Waals surface area (Å²) in [6, 6.07) is 1.59. The highest BCUT2D eigenvalue weighted by molar-refractivity contribution is 5.99. The monoisotopic (exact) mass is 1220 g/mol. The molecule has 0 saturated carbocycles.